The van der Waals surface area contributed by atoms with Crippen molar-refractivity contribution in [1.82, 2.24) is 0 Å². The highest BCUT2D eigenvalue weighted by molar-refractivity contribution is 5.95. The van der Waals surface area contributed by atoms with Crippen molar-refractivity contribution in [2.75, 3.05) is 4.90 Å². The molecule has 0 saturated heterocycles. The second-order valence-electron chi connectivity index (χ2n) is 17.2. The summed E-state index contributed by atoms with van der Waals surface area (Å²) < 4.78 is 0. The van der Waals surface area contributed by atoms with E-state index in [0.29, 0.717) is 5.92 Å². The minimum absolute atomic E-state index is 0.0996. The lowest BCUT2D eigenvalue weighted by molar-refractivity contribution is 0.420. The van der Waals surface area contributed by atoms with Crippen molar-refractivity contribution in [1.29, 1.82) is 0 Å². The number of nitrogens with zero attached hydrogens (tertiary/aromatic N) is 1. The van der Waals surface area contributed by atoms with Crippen molar-refractivity contribution >= 4 is 17.1 Å². The van der Waals surface area contributed by atoms with Crippen LogP contribution in [0.3, 0.4) is 0 Å². The first-order valence-corrected chi connectivity index (χ1v) is 20.5. The van der Waals surface area contributed by atoms with Gasteiger partial charge < -0.3 is 4.90 Å². The zero-order chi connectivity index (χ0) is 35.5. The third-order valence-corrected chi connectivity index (χ3v) is 13.8. The first kappa shape index (κ1) is 32.7. The summed E-state index contributed by atoms with van der Waals surface area (Å²) in [7, 11) is 0. The van der Waals surface area contributed by atoms with Crippen molar-refractivity contribution in [3.05, 3.63) is 162 Å². The van der Waals surface area contributed by atoms with Crippen LogP contribution in [0.25, 0.3) is 33.4 Å². The summed E-state index contributed by atoms with van der Waals surface area (Å²) in [4.78, 5) is 2.59. The van der Waals surface area contributed by atoms with Gasteiger partial charge in [-0.3, -0.25) is 0 Å². The summed E-state index contributed by atoms with van der Waals surface area (Å²) in [5.41, 5.74) is 17.3. The molecule has 1 heteroatoms. The largest absolute Gasteiger partial charge is 0.310 e. The van der Waals surface area contributed by atoms with Gasteiger partial charge in [-0.25, -0.2) is 0 Å². The van der Waals surface area contributed by atoms with Gasteiger partial charge in [-0.1, -0.05) is 143 Å². The van der Waals surface area contributed by atoms with Crippen LogP contribution in [0.15, 0.2) is 140 Å². The second-order valence-corrected chi connectivity index (χ2v) is 17.2. The molecule has 3 unspecified atom stereocenters. The van der Waals surface area contributed by atoms with Gasteiger partial charge in [-0.15, -0.1) is 0 Å². The Bertz CT molecular complexity index is 2250. The SMILES string of the molecule is CC1(C)c2ccccc2-c2cc(-c3ccc(-c4ccccc4)cc3)c(N(c3ccc(C4CC5CCC4C5)cc3)c3cccc(C4CCCCC4)c3)cc21. The van der Waals surface area contributed by atoms with Crippen LogP contribution >= 0.6 is 0 Å². The third-order valence-electron chi connectivity index (χ3n) is 13.8. The normalized spacial score (nSPS) is 21.4. The van der Waals surface area contributed by atoms with Gasteiger partial charge >= 0.3 is 0 Å². The maximum atomic E-state index is 2.59. The zero-order valence-corrected chi connectivity index (χ0v) is 31.4. The molecule has 0 radical (unpaired) electrons. The van der Waals surface area contributed by atoms with Crippen LogP contribution in [0.4, 0.5) is 17.1 Å². The molecule has 0 N–H and O–H groups in total. The van der Waals surface area contributed by atoms with Gasteiger partial charge in [0.1, 0.15) is 0 Å². The molecule has 2 bridgehead atoms. The molecule has 3 saturated carbocycles. The van der Waals surface area contributed by atoms with Gasteiger partial charge in [0.05, 0.1) is 5.69 Å². The Morgan fingerprint density at radius 2 is 1.23 bits per heavy atom. The molecule has 10 rings (SSSR count). The smallest absolute Gasteiger partial charge is 0.0543 e. The molecular formula is C52H51N. The van der Waals surface area contributed by atoms with E-state index in [0.717, 1.165) is 17.8 Å². The molecule has 6 aromatic rings. The van der Waals surface area contributed by atoms with Crippen molar-refractivity contribution in [2.45, 2.75) is 88.9 Å². The predicted molar refractivity (Wildman–Crippen MR) is 224 cm³/mol. The fourth-order valence-corrected chi connectivity index (χ4v) is 10.9. The van der Waals surface area contributed by atoms with Gasteiger partial charge in [0.25, 0.3) is 0 Å². The zero-order valence-electron chi connectivity index (χ0n) is 31.4. The van der Waals surface area contributed by atoms with E-state index in [1.165, 1.54) is 125 Å². The van der Waals surface area contributed by atoms with E-state index in [2.05, 4.69) is 158 Å². The quantitative estimate of drug-likeness (QED) is 0.161. The van der Waals surface area contributed by atoms with E-state index in [1.54, 1.807) is 5.56 Å². The van der Waals surface area contributed by atoms with Crippen LogP contribution in [0, 0.1) is 11.8 Å². The van der Waals surface area contributed by atoms with E-state index in [-0.39, 0.29) is 5.41 Å². The van der Waals surface area contributed by atoms with E-state index in [1.807, 2.05) is 0 Å². The standard InChI is InChI=1S/C52H51N/c1-52(2)49-19-10-9-18-45(49)48-33-47(40-24-22-38(23-25-40)36-12-5-3-6-13-36)51(34-50(48)52)53(44-17-11-16-41(32-44)37-14-7-4-8-15-37)43-28-26-39(27-29-43)46-31-35-20-21-42(46)30-35/h3,5-6,9-13,16-19,22-29,32-35,37,42,46H,4,7-8,14-15,20-21,30-31H2,1-2H3. The number of hydrogen-bond donors (Lipinski definition) is 0. The Balaban J connectivity index is 1.16. The topological polar surface area (TPSA) is 3.24 Å². The lowest BCUT2D eigenvalue weighted by Crippen LogP contribution is -2.17. The van der Waals surface area contributed by atoms with Gasteiger partial charge in [-0.2, -0.15) is 0 Å². The first-order valence-electron chi connectivity index (χ1n) is 20.5. The van der Waals surface area contributed by atoms with Gasteiger partial charge in [-0.05, 0) is 142 Å². The van der Waals surface area contributed by atoms with Crippen molar-refractivity contribution in [2.24, 2.45) is 11.8 Å². The Labute approximate surface area is 316 Å². The van der Waals surface area contributed by atoms with E-state index in [9.17, 15) is 0 Å². The summed E-state index contributed by atoms with van der Waals surface area (Å²) in [5.74, 6) is 3.19. The molecule has 1 nitrogen and oxygen atoms in total. The van der Waals surface area contributed by atoms with Crippen LogP contribution < -0.4 is 4.90 Å². The molecule has 3 atom stereocenters. The van der Waals surface area contributed by atoms with Crippen LogP contribution in [-0.2, 0) is 5.41 Å². The summed E-state index contributed by atoms with van der Waals surface area (Å²) in [6.45, 7) is 4.82. The predicted octanol–water partition coefficient (Wildman–Crippen LogP) is 14.7. The molecule has 264 valence electrons. The number of hydrogen-bond acceptors (Lipinski definition) is 1. The molecule has 0 heterocycles. The van der Waals surface area contributed by atoms with E-state index in [4.69, 9.17) is 0 Å². The van der Waals surface area contributed by atoms with E-state index < -0.39 is 0 Å². The van der Waals surface area contributed by atoms with Crippen molar-refractivity contribution in [3.63, 3.8) is 0 Å². The highest BCUT2D eigenvalue weighted by Gasteiger charge is 2.40. The fraction of sp³-hybridized carbons (Fsp3) is 0.308. The lowest BCUT2D eigenvalue weighted by Gasteiger charge is -2.32. The molecular weight excluding hydrogens is 639 g/mol. The summed E-state index contributed by atoms with van der Waals surface area (Å²) in [5, 5.41) is 0. The Kier molecular flexibility index (Phi) is 8.16. The molecule has 4 aliphatic carbocycles. The Morgan fingerprint density at radius 3 is 1.98 bits per heavy atom. The van der Waals surface area contributed by atoms with Gasteiger partial charge in [0, 0.05) is 22.4 Å². The highest BCUT2D eigenvalue weighted by atomic mass is 15.1. The monoisotopic (exact) mass is 689 g/mol. The van der Waals surface area contributed by atoms with Gasteiger partial charge in [0.15, 0.2) is 0 Å². The Hall–Kier alpha value is -4.88. The van der Waals surface area contributed by atoms with E-state index >= 15 is 0 Å². The minimum Gasteiger partial charge on any atom is -0.310 e. The van der Waals surface area contributed by atoms with Crippen LogP contribution in [0.1, 0.15) is 106 Å². The molecule has 0 spiro atoms. The maximum Gasteiger partial charge on any atom is 0.0543 e. The van der Waals surface area contributed by atoms with Crippen LogP contribution in [-0.4, -0.2) is 0 Å². The molecule has 53 heavy (non-hydrogen) atoms. The fourth-order valence-electron chi connectivity index (χ4n) is 10.9. The number of fused-ring (bicyclic) bond motifs is 5. The molecule has 4 aliphatic rings. The minimum atomic E-state index is -0.0996. The second kappa shape index (κ2) is 13.2. The number of benzene rings is 6. The van der Waals surface area contributed by atoms with Crippen LogP contribution in [0.2, 0.25) is 0 Å². The lowest BCUT2D eigenvalue weighted by atomic mass is 9.81. The first-order chi connectivity index (χ1) is 26.0. The molecule has 0 amide bonds. The van der Waals surface area contributed by atoms with Crippen LogP contribution in [0.5, 0.6) is 0 Å². The van der Waals surface area contributed by atoms with Gasteiger partial charge in [0.2, 0.25) is 0 Å². The average molecular weight is 690 g/mol. The summed E-state index contributed by atoms with van der Waals surface area (Å²) >= 11 is 0. The average Bonchev–Trinajstić information content (AvgIpc) is 3.92. The molecule has 0 aliphatic heterocycles. The number of rotatable bonds is 7. The highest BCUT2D eigenvalue weighted by Crippen LogP contribution is 2.55. The third kappa shape index (κ3) is 5.75. The molecule has 0 aromatic heterocycles. The summed E-state index contributed by atoms with van der Waals surface area (Å²) in [6, 6.07) is 53.6. The maximum absolute atomic E-state index is 2.59. The number of anilines is 3. The van der Waals surface area contributed by atoms with Crippen molar-refractivity contribution < 1.29 is 0 Å². The molecule has 3 fully saturated rings. The molecule has 6 aromatic carbocycles. The van der Waals surface area contributed by atoms with Crippen molar-refractivity contribution in [3.8, 4) is 33.4 Å². The Morgan fingerprint density at radius 1 is 0.491 bits per heavy atom. The summed E-state index contributed by atoms with van der Waals surface area (Å²) in [6.07, 6.45) is 12.3.